The molecule has 150 valence electrons. The Morgan fingerprint density at radius 2 is 2.07 bits per heavy atom. The molecule has 0 unspecified atom stereocenters. The predicted molar refractivity (Wildman–Crippen MR) is 111 cm³/mol. The summed E-state index contributed by atoms with van der Waals surface area (Å²) in [4.78, 5) is 25.5. The fourth-order valence-corrected chi connectivity index (χ4v) is 4.56. The molecular formula is C18H18FIN2O5S. The van der Waals surface area contributed by atoms with E-state index in [1.807, 2.05) is 22.6 Å². The summed E-state index contributed by atoms with van der Waals surface area (Å²) in [7, 11) is 0. The first-order chi connectivity index (χ1) is 13.2. The summed E-state index contributed by atoms with van der Waals surface area (Å²) in [5.74, 6) is -3.68. The Bertz CT molecular complexity index is 931. The minimum absolute atomic E-state index is 0.0783. The second kappa shape index (κ2) is 8.41. The van der Waals surface area contributed by atoms with Gasteiger partial charge in [-0.1, -0.05) is 0 Å². The molecule has 2 aromatic rings. The molecule has 0 bridgehead atoms. The van der Waals surface area contributed by atoms with Crippen LogP contribution in [0.25, 0.3) is 0 Å². The first kappa shape index (κ1) is 21.1. The number of carbonyl (C=O) groups excluding carboxylic acids is 2. The number of hydrogen-bond acceptors (Lipinski definition) is 7. The van der Waals surface area contributed by atoms with Crippen molar-refractivity contribution < 1.29 is 29.3 Å². The summed E-state index contributed by atoms with van der Waals surface area (Å²) in [6, 6.07) is 4.59. The van der Waals surface area contributed by atoms with E-state index >= 15 is 0 Å². The molecule has 10 heteroatoms. The van der Waals surface area contributed by atoms with Crippen LogP contribution < -0.4 is 10.6 Å². The number of amides is 1. The van der Waals surface area contributed by atoms with Crippen LogP contribution in [0.15, 0.2) is 18.2 Å². The predicted octanol–water partition coefficient (Wildman–Crippen LogP) is 2.16. The number of halogens is 2. The van der Waals surface area contributed by atoms with Gasteiger partial charge < -0.3 is 26.0 Å². The lowest BCUT2D eigenvalue weighted by Crippen LogP contribution is -2.45. The molecule has 0 saturated heterocycles. The zero-order valence-electron chi connectivity index (χ0n) is 14.6. The summed E-state index contributed by atoms with van der Waals surface area (Å²) >= 11 is 3.06. The largest absolute Gasteiger partial charge is 0.391 e. The Hall–Kier alpha value is -1.60. The molecular weight excluding hydrogens is 502 g/mol. The summed E-state index contributed by atoms with van der Waals surface area (Å²) in [5, 5.41) is 33.5. The van der Waals surface area contributed by atoms with Crippen molar-refractivity contribution in [2.24, 2.45) is 0 Å². The molecule has 5 N–H and O–H groups in total. The van der Waals surface area contributed by atoms with Crippen LogP contribution in [0.4, 0.5) is 15.1 Å². The second-order valence-electron chi connectivity index (χ2n) is 6.46. The number of anilines is 2. The van der Waals surface area contributed by atoms with Gasteiger partial charge in [-0.05, 0) is 59.2 Å². The third kappa shape index (κ3) is 4.51. The van der Waals surface area contributed by atoms with Gasteiger partial charge in [-0.25, -0.2) is 4.39 Å². The number of aliphatic hydroxyl groups is 3. The molecule has 0 spiro atoms. The highest BCUT2D eigenvalue weighted by Gasteiger charge is 2.31. The van der Waals surface area contributed by atoms with Crippen LogP contribution in [0, 0.1) is 9.39 Å². The minimum atomic E-state index is -2.46. The van der Waals surface area contributed by atoms with Gasteiger partial charge in [0.2, 0.25) is 5.79 Å². The van der Waals surface area contributed by atoms with E-state index in [0.29, 0.717) is 38.3 Å². The van der Waals surface area contributed by atoms with E-state index in [-0.39, 0.29) is 17.0 Å². The van der Waals surface area contributed by atoms with Crippen molar-refractivity contribution in [1.82, 2.24) is 5.32 Å². The summed E-state index contributed by atoms with van der Waals surface area (Å²) in [6.45, 7) is -1.55. The zero-order valence-corrected chi connectivity index (χ0v) is 17.6. The maximum absolute atomic E-state index is 14.3. The van der Waals surface area contributed by atoms with Gasteiger partial charge in [-0.15, -0.1) is 11.3 Å². The van der Waals surface area contributed by atoms with Crippen LogP contribution in [-0.2, 0) is 6.42 Å². The van der Waals surface area contributed by atoms with Gasteiger partial charge in [0.05, 0.1) is 29.3 Å². The molecule has 7 nitrogen and oxygen atoms in total. The molecule has 0 aliphatic heterocycles. The first-order valence-corrected chi connectivity index (χ1v) is 10.4. The van der Waals surface area contributed by atoms with E-state index in [2.05, 4.69) is 10.6 Å². The molecule has 1 heterocycles. The number of nitrogens with one attached hydrogen (secondary N) is 2. The van der Waals surface area contributed by atoms with Crippen molar-refractivity contribution in [2.75, 3.05) is 18.5 Å². The highest BCUT2D eigenvalue weighted by Crippen LogP contribution is 2.40. The number of hydrogen-bond donors (Lipinski definition) is 5. The molecule has 1 aromatic heterocycles. The lowest BCUT2D eigenvalue weighted by atomic mass is 9.94. The molecule has 0 atom stereocenters. The quantitative estimate of drug-likeness (QED) is 0.295. The molecule has 1 aliphatic rings. The Kier molecular flexibility index (Phi) is 6.34. The van der Waals surface area contributed by atoms with E-state index < -0.39 is 30.7 Å². The number of ketones is 1. The molecule has 0 radical (unpaired) electrons. The summed E-state index contributed by atoms with van der Waals surface area (Å²) in [6.07, 6.45) is 1.49. The number of rotatable bonds is 6. The topological polar surface area (TPSA) is 119 Å². The van der Waals surface area contributed by atoms with Crippen molar-refractivity contribution in [2.45, 2.75) is 25.0 Å². The van der Waals surface area contributed by atoms with Crippen LogP contribution in [0.5, 0.6) is 0 Å². The van der Waals surface area contributed by atoms with E-state index in [1.165, 1.54) is 12.1 Å². The Morgan fingerprint density at radius 3 is 2.75 bits per heavy atom. The number of Topliss-reactive ketones (excluding diaryl/α,β-unsaturated/α-hetero) is 1. The second-order valence-corrected chi connectivity index (χ2v) is 8.73. The molecule has 28 heavy (non-hydrogen) atoms. The van der Waals surface area contributed by atoms with Crippen molar-refractivity contribution in [3.63, 3.8) is 0 Å². The van der Waals surface area contributed by atoms with Gasteiger partial charge in [0.1, 0.15) is 10.8 Å². The molecule has 1 amide bonds. The summed E-state index contributed by atoms with van der Waals surface area (Å²) in [5.41, 5.74) is 0.909. The van der Waals surface area contributed by atoms with Crippen LogP contribution >= 0.6 is 33.9 Å². The van der Waals surface area contributed by atoms with Gasteiger partial charge in [0, 0.05) is 9.99 Å². The molecule has 3 rings (SSSR count). The minimum Gasteiger partial charge on any atom is -0.391 e. The Labute approximate surface area is 177 Å². The lowest BCUT2D eigenvalue weighted by molar-refractivity contribution is -0.180. The number of fused-ring (bicyclic) bond motifs is 1. The normalized spacial score (nSPS) is 14.0. The van der Waals surface area contributed by atoms with Crippen LogP contribution in [-0.4, -0.2) is 45.9 Å². The smallest absolute Gasteiger partial charge is 0.254 e. The highest BCUT2D eigenvalue weighted by molar-refractivity contribution is 14.1. The number of thiophene rings is 1. The maximum Gasteiger partial charge on any atom is 0.254 e. The van der Waals surface area contributed by atoms with E-state index in [4.69, 9.17) is 5.11 Å². The third-order valence-corrected chi connectivity index (χ3v) is 6.14. The van der Waals surface area contributed by atoms with E-state index in [0.717, 1.165) is 11.3 Å². The van der Waals surface area contributed by atoms with Crippen molar-refractivity contribution in [3.8, 4) is 0 Å². The fourth-order valence-electron chi connectivity index (χ4n) is 2.88. The van der Waals surface area contributed by atoms with Gasteiger partial charge in [-0.3, -0.25) is 9.59 Å². The maximum atomic E-state index is 14.3. The Morgan fingerprint density at radius 1 is 1.32 bits per heavy atom. The van der Waals surface area contributed by atoms with Crippen LogP contribution in [0.3, 0.4) is 0 Å². The molecule has 1 aliphatic carbocycles. The first-order valence-electron chi connectivity index (χ1n) is 8.46. The average Bonchev–Trinajstić information content (AvgIpc) is 3.02. The van der Waals surface area contributed by atoms with Gasteiger partial charge in [0.25, 0.3) is 5.91 Å². The van der Waals surface area contributed by atoms with E-state index in [1.54, 1.807) is 6.07 Å². The Balaban J connectivity index is 1.97. The number of carbonyl (C=O) groups is 2. The van der Waals surface area contributed by atoms with Gasteiger partial charge >= 0.3 is 0 Å². The van der Waals surface area contributed by atoms with Gasteiger partial charge in [-0.2, -0.15) is 0 Å². The molecule has 1 aromatic carbocycles. The van der Waals surface area contributed by atoms with E-state index in [9.17, 15) is 24.2 Å². The van der Waals surface area contributed by atoms with Crippen molar-refractivity contribution >= 4 is 56.3 Å². The lowest BCUT2D eigenvalue weighted by Gasteiger charge is -2.20. The SMILES string of the molecule is O=C1CCCc2c1sc(Nc1ccc(I)cc1F)c2C(=O)NCC(O)(O)CO. The van der Waals surface area contributed by atoms with Crippen LogP contribution in [0.1, 0.15) is 38.4 Å². The van der Waals surface area contributed by atoms with Crippen molar-refractivity contribution in [3.05, 3.63) is 43.6 Å². The monoisotopic (exact) mass is 520 g/mol. The standard InChI is InChI=1S/C18H18FIN2O5S/c19-11-6-9(20)4-5-12(11)22-17-14(16(25)21-7-18(26,27)8-23)10-2-1-3-13(24)15(10)28-17/h4-6,22-23,26-27H,1-3,7-8H2,(H,21,25). The molecule has 0 saturated carbocycles. The summed E-state index contributed by atoms with van der Waals surface area (Å²) < 4.78 is 15.0. The highest BCUT2D eigenvalue weighted by atomic mass is 127. The number of aliphatic hydroxyl groups excluding tert-OH is 1. The number of benzene rings is 1. The van der Waals surface area contributed by atoms with Crippen LogP contribution in [0.2, 0.25) is 0 Å². The fraction of sp³-hybridized carbons (Fsp3) is 0.333. The van der Waals surface area contributed by atoms with Crippen molar-refractivity contribution in [1.29, 1.82) is 0 Å². The average molecular weight is 520 g/mol. The molecule has 0 fully saturated rings. The van der Waals surface area contributed by atoms with Gasteiger partial charge in [0.15, 0.2) is 5.78 Å². The zero-order chi connectivity index (χ0) is 20.5. The third-order valence-electron chi connectivity index (χ3n) is 4.28.